The van der Waals surface area contributed by atoms with Gasteiger partial charge in [0, 0.05) is 12.3 Å². The third-order valence-electron chi connectivity index (χ3n) is 2.94. The van der Waals surface area contributed by atoms with Gasteiger partial charge in [-0.25, -0.2) is 4.39 Å². The number of rotatable bonds is 8. The van der Waals surface area contributed by atoms with E-state index in [2.05, 4.69) is 18.7 Å². The fourth-order valence-electron chi connectivity index (χ4n) is 1.71. The zero-order chi connectivity index (χ0) is 14.3. The second-order valence-electron chi connectivity index (χ2n) is 4.16. The molecule has 0 saturated heterocycles. The van der Waals surface area contributed by atoms with Gasteiger partial charge in [-0.05, 0) is 31.3 Å². The number of Topliss-reactive ketones (excluding diaryl/α,β-unsaturated/α-hetero) is 1. The van der Waals surface area contributed by atoms with Gasteiger partial charge in [0.1, 0.15) is 11.6 Å². The Labute approximate surface area is 117 Å². The van der Waals surface area contributed by atoms with E-state index in [1.807, 2.05) is 0 Å². The monoisotopic (exact) mass is 285 g/mol. The van der Waals surface area contributed by atoms with Gasteiger partial charge >= 0.3 is 0 Å². The van der Waals surface area contributed by atoms with E-state index in [0.717, 1.165) is 37.5 Å². The van der Waals surface area contributed by atoms with Crippen molar-refractivity contribution in [1.29, 1.82) is 0 Å². The van der Waals surface area contributed by atoms with E-state index in [9.17, 15) is 14.3 Å². The molecule has 1 aromatic rings. The van der Waals surface area contributed by atoms with E-state index in [-0.39, 0.29) is 22.8 Å². The minimum absolute atomic E-state index is 0.0651. The number of carbonyl (C=O) groups excluding carboxylic acids is 1. The third-order valence-corrected chi connectivity index (χ3v) is 3.88. The van der Waals surface area contributed by atoms with Crippen LogP contribution in [0.3, 0.4) is 0 Å². The molecule has 0 aliphatic carbocycles. The largest absolute Gasteiger partial charge is 0.507 e. The van der Waals surface area contributed by atoms with E-state index in [1.54, 1.807) is 0 Å². The molecule has 0 atom stereocenters. The molecule has 0 aromatic heterocycles. The number of phenolic OH excluding ortho intramolecular Hbond substituents is 1. The van der Waals surface area contributed by atoms with Crippen LogP contribution in [-0.2, 0) is 0 Å². The van der Waals surface area contributed by atoms with Crippen molar-refractivity contribution in [1.82, 2.24) is 4.90 Å². The van der Waals surface area contributed by atoms with Crippen LogP contribution in [0.5, 0.6) is 5.75 Å². The Kier molecular flexibility index (Phi) is 6.87. The Morgan fingerprint density at radius 1 is 1.37 bits per heavy atom. The summed E-state index contributed by atoms with van der Waals surface area (Å²) >= 11 is 1.51. The maximum absolute atomic E-state index is 13.0. The van der Waals surface area contributed by atoms with Crippen LogP contribution in [-0.4, -0.2) is 46.9 Å². The molecule has 5 heteroatoms. The van der Waals surface area contributed by atoms with Crippen LogP contribution in [0, 0.1) is 5.82 Å². The molecule has 106 valence electrons. The van der Waals surface area contributed by atoms with Crippen LogP contribution in [0.1, 0.15) is 24.2 Å². The number of benzene rings is 1. The van der Waals surface area contributed by atoms with Crippen LogP contribution in [0.25, 0.3) is 0 Å². The van der Waals surface area contributed by atoms with Gasteiger partial charge in [0.15, 0.2) is 5.78 Å². The molecule has 0 amide bonds. The minimum Gasteiger partial charge on any atom is -0.507 e. The normalized spacial score (nSPS) is 10.9. The van der Waals surface area contributed by atoms with Crippen molar-refractivity contribution in [3.8, 4) is 5.75 Å². The number of hydrogen-bond donors (Lipinski definition) is 1. The highest BCUT2D eigenvalue weighted by Gasteiger charge is 2.12. The smallest absolute Gasteiger partial charge is 0.176 e. The Balaban J connectivity index is 2.41. The molecule has 0 radical (unpaired) electrons. The van der Waals surface area contributed by atoms with Crippen molar-refractivity contribution in [2.45, 2.75) is 13.8 Å². The summed E-state index contributed by atoms with van der Waals surface area (Å²) in [5, 5.41) is 9.52. The fourth-order valence-corrected chi connectivity index (χ4v) is 2.58. The highest BCUT2D eigenvalue weighted by molar-refractivity contribution is 8.00. The summed E-state index contributed by atoms with van der Waals surface area (Å²) in [6.45, 7) is 7.12. The summed E-state index contributed by atoms with van der Waals surface area (Å²) in [6, 6.07) is 3.44. The average molecular weight is 285 g/mol. The molecule has 1 N–H and O–H groups in total. The molecule has 0 aliphatic rings. The van der Waals surface area contributed by atoms with Crippen LogP contribution in [0.4, 0.5) is 4.39 Å². The van der Waals surface area contributed by atoms with Gasteiger partial charge in [-0.1, -0.05) is 13.8 Å². The minimum atomic E-state index is -0.505. The molecule has 0 bridgehead atoms. The highest BCUT2D eigenvalue weighted by atomic mass is 32.2. The lowest BCUT2D eigenvalue weighted by Crippen LogP contribution is -2.25. The molecule has 0 heterocycles. The van der Waals surface area contributed by atoms with E-state index in [1.165, 1.54) is 17.8 Å². The number of halogens is 1. The predicted octanol–water partition coefficient (Wildman–Crippen LogP) is 2.79. The molecule has 1 rings (SSSR count). The highest BCUT2D eigenvalue weighted by Crippen LogP contribution is 2.20. The second kappa shape index (κ2) is 8.17. The first-order valence-corrected chi connectivity index (χ1v) is 7.55. The van der Waals surface area contributed by atoms with Gasteiger partial charge in [0.2, 0.25) is 0 Å². The third kappa shape index (κ3) is 5.20. The lowest BCUT2D eigenvalue weighted by molar-refractivity contribution is 0.101. The molecule has 0 spiro atoms. The number of ketones is 1. The lowest BCUT2D eigenvalue weighted by Gasteiger charge is -2.17. The summed E-state index contributed by atoms with van der Waals surface area (Å²) in [5.41, 5.74) is 0.0651. The molecule has 19 heavy (non-hydrogen) atoms. The SMILES string of the molecule is CCN(CC)CCSCC(=O)c1cc(F)ccc1O. The topological polar surface area (TPSA) is 40.5 Å². The lowest BCUT2D eigenvalue weighted by atomic mass is 10.1. The number of nitrogens with zero attached hydrogens (tertiary/aromatic N) is 1. The van der Waals surface area contributed by atoms with E-state index >= 15 is 0 Å². The van der Waals surface area contributed by atoms with E-state index in [0.29, 0.717) is 0 Å². The van der Waals surface area contributed by atoms with Crippen molar-refractivity contribution < 1.29 is 14.3 Å². The molecule has 3 nitrogen and oxygen atoms in total. The summed E-state index contributed by atoms with van der Waals surface area (Å²) < 4.78 is 13.0. The molecular formula is C14H20FNO2S. The molecule has 0 saturated carbocycles. The molecule has 0 unspecified atom stereocenters. The van der Waals surface area contributed by atoms with Gasteiger partial charge in [-0.3, -0.25) is 4.79 Å². The standard InChI is InChI=1S/C14H20FNO2S/c1-3-16(4-2)7-8-19-10-14(18)12-9-11(15)5-6-13(12)17/h5-6,9,17H,3-4,7-8,10H2,1-2H3. The van der Waals surface area contributed by atoms with Crippen molar-refractivity contribution >= 4 is 17.5 Å². The van der Waals surface area contributed by atoms with Gasteiger partial charge in [0.05, 0.1) is 11.3 Å². The fraction of sp³-hybridized carbons (Fsp3) is 0.500. The first-order valence-electron chi connectivity index (χ1n) is 6.40. The van der Waals surface area contributed by atoms with Gasteiger partial charge in [0.25, 0.3) is 0 Å². The molecule has 0 fully saturated rings. The van der Waals surface area contributed by atoms with Crippen molar-refractivity contribution in [3.05, 3.63) is 29.6 Å². The molecule has 1 aromatic carbocycles. The average Bonchev–Trinajstić information content (AvgIpc) is 2.41. The Morgan fingerprint density at radius 3 is 2.68 bits per heavy atom. The predicted molar refractivity (Wildman–Crippen MR) is 77.5 cm³/mol. The first kappa shape index (κ1) is 16.0. The summed E-state index contributed by atoms with van der Waals surface area (Å²) in [5.74, 6) is 0.216. The maximum Gasteiger partial charge on any atom is 0.176 e. The van der Waals surface area contributed by atoms with Crippen LogP contribution in [0.15, 0.2) is 18.2 Å². The zero-order valence-corrected chi connectivity index (χ0v) is 12.2. The number of thioether (sulfide) groups is 1. The number of carbonyl (C=O) groups is 1. The van der Waals surface area contributed by atoms with Crippen LogP contribution in [0.2, 0.25) is 0 Å². The van der Waals surface area contributed by atoms with Crippen LogP contribution >= 0.6 is 11.8 Å². The van der Waals surface area contributed by atoms with Gasteiger partial charge < -0.3 is 10.0 Å². The summed E-state index contributed by atoms with van der Waals surface area (Å²) in [4.78, 5) is 14.1. The quantitative estimate of drug-likeness (QED) is 0.589. The second-order valence-corrected chi connectivity index (χ2v) is 5.27. The molecule has 0 aliphatic heterocycles. The Morgan fingerprint density at radius 2 is 2.05 bits per heavy atom. The number of phenols is 1. The Hall–Kier alpha value is -1.07. The van der Waals surface area contributed by atoms with E-state index < -0.39 is 5.82 Å². The van der Waals surface area contributed by atoms with Crippen LogP contribution < -0.4 is 0 Å². The van der Waals surface area contributed by atoms with Gasteiger partial charge in [-0.2, -0.15) is 11.8 Å². The summed E-state index contributed by atoms with van der Waals surface area (Å²) in [7, 11) is 0. The van der Waals surface area contributed by atoms with Crippen molar-refractivity contribution in [3.63, 3.8) is 0 Å². The number of hydrogen-bond acceptors (Lipinski definition) is 4. The zero-order valence-electron chi connectivity index (χ0n) is 11.4. The van der Waals surface area contributed by atoms with Crippen molar-refractivity contribution in [2.24, 2.45) is 0 Å². The molecular weight excluding hydrogens is 265 g/mol. The van der Waals surface area contributed by atoms with Crippen molar-refractivity contribution in [2.75, 3.05) is 31.1 Å². The first-order chi connectivity index (χ1) is 9.08. The number of aromatic hydroxyl groups is 1. The van der Waals surface area contributed by atoms with E-state index in [4.69, 9.17) is 0 Å². The van der Waals surface area contributed by atoms with Gasteiger partial charge in [-0.15, -0.1) is 0 Å². The Bertz CT molecular complexity index is 422. The summed E-state index contributed by atoms with van der Waals surface area (Å²) in [6.07, 6.45) is 0. The maximum atomic E-state index is 13.0.